The summed E-state index contributed by atoms with van der Waals surface area (Å²) in [6.07, 6.45) is 1.80. The van der Waals surface area contributed by atoms with Gasteiger partial charge in [-0.2, -0.15) is 0 Å². The van der Waals surface area contributed by atoms with Crippen molar-refractivity contribution in [3.63, 3.8) is 0 Å². The molecule has 0 aliphatic carbocycles. The number of hydrogen-bond donors (Lipinski definition) is 0. The highest BCUT2D eigenvalue weighted by molar-refractivity contribution is 9.10. The molecule has 3 aromatic rings. The maximum atomic E-state index is 13.3. The lowest BCUT2D eigenvalue weighted by Crippen LogP contribution is -2.32. The van der Waals surface area contributed by atoms with Crippen molar-refractivity contribution >= 4 is 39.4 Å². The van der Waals surface area contributed by atoms with E-state index in [-0.39, 0.29) is 5.91 Å². The molecule has 1 heterocycles. The zero-order valence-electron chi connectivity index (χ0n) is 15.2. The first-order chi connectivity index (χ1) is 13.7. The van der Waals surface area contributed by atoms with Gasteiger partial charge in [0.25, 0.3) is 5.91 Å². The number of amidine groups is 1. The van der Waals surface area contributed by atoms with E-state index in [4.69, 9.17) is 4.74 Å². The van der Waals surface area contributed by atoms with Gasteiger partial charge >= 0.3 is 0 Å². The van der Waals surface area contributed by atoms with E-state index in [2.05, 4.69) is 20.9 Å². The molecule has 1 amide bonds. The van der Waals surface area contributed by atoms with Gasteiger partial charge in [-0.3, -0.25) is 9.69 Å². The van der Waals surface area contributed by atoms with Crippen LogP contribution in [0.1, 0.15) is 11.1 Å². The summed E-state index contributed by atoms with van der Waals surface area (Å²) < 4.78 is 6.45. The Balaban J connectivity index is 1.86. The van der Waals surface area contributed by atoms with Crippen LogP contribution in [0.25, 0.3) is 6.08 Å². The average molecular weight is 433 g/mol. The number of hydrogen-bond acceptors (Lipinski definition) is 3. The van der Waals surface area contributed by atoms with Crippen LogP contribution < -0.4 is 9.64 Å². The molecule has 5 heteroatoms. The number of rotatable bonds is 4. The van der Waals surface area contributed by atoms with E-state index in [1.165, 1.54) is 0 Å². The van der Waals surface area contributed by atoms with Crippen molar-refractivity contribution in [1.82, 2.24) is 0 Å². The molecule has 0 bridgehead atoms. The van der Waals surface area contributed by atoms with Crippen LogP contribution in [-0.2, 0) is 4.79 Å². The van der Waals surface area contributed by atoms with E-state index < -0.39 is 0 Å². The van der Waals surface area contributed by atoms with Crippen LogP contribution in [0.2, 0.25) is 0 Å². The summed E-state index contributed by atoms with van der Waals surface area (Å²) in [6.45, 7) is 0. The van der Waals surface area contributed by atoms with Crippen LogP contribution in [0.5, 0.6) is 5.75 Å². The minimum absolute atomic E-state index is 0.174. The molecule has 0 saturated heterocycles. The Labute approximate surface area is 171 Å². The predicted octanol–water partition coefficient (Wildman–Crippen LogP) is 5.29. The molecule has 0 radical (unpaired) electrons. The number of carbonyl (C=O) groups is 1. The number of benzene rings is 3. The molecular formula is C23H17BrN2O2. The monoisotopic (exact) mass is 432 g/mol. The van der Waals surface area contributed by atoms with E-state index in [1.807, 2.05) is 78.9 Å². The number of nitrogens with zero attached hydrogens (tertiary/aromatic N) is 2. The number of anilines is 1. The third kappa shape index (κ3) is 3.49. The molecule has 4 rings (SSSR count). The SMILES string of the molecule is COc1ccccc1C1=N/C(=C/c2ccccc2)C(=O)N1c1ccc(Br)cc1. The van der Waals surface area contributed by atoms with Crippen molar-refractivity contribution in [1.29, 1.82) is 0 Å². The largest absolute Gasteiger partial charge is 0.496 e. The van der Waals surface area contributed by atoms with E-state index in [0.29, 0.717) is 17.3 Å². The minimum atomic E-state index is -0.174. The summed E-state index contributed by atoms with van der Waals surface area (Å²) in [5.74, 6) is 1.04. The molecule has 1 aliphatic heterocycles. The Morgan fingerprint density at radius 2 is 1.61 bits per heavy atom. The second-order valence-corrected chi connectivity index (χ2v) is 7.11. The summed E-state index contributed by atoms with van der Waals surface area (Å²) in [4.78, 5) is 19.6. The predicted molar refractivity (Wildman–Crippen MR) is 116 cm³/mol. The Hall–Kier alpha value is -3.18. The Morgan fingerprint density at radius 3 is 2.32 bits per heavy atom. The lowest BCUT2D eigenvalue weighted by Gasteiger charge is -2.20. The number of aliphatic imine (C=N–C) groups is 1. The van der Waals surface area contributed by atoms with E-state index in [0.717, 1.165) is 21.3 Å². The van der Waals surface area contributed by atoms with Crippen LogP contribution in [0.3, 0.4) is 0 Å². The van der Waals surface area contributed by atoms with Gasteiger partial charge in [0.05, 0.1) is 18.4 Å². The molecule has 28 heavy (non-hydrogen) atoms. The van der Waals surface area contributed by atoms with Gasteiger partial charge in [-0.05, 0) is 48.0 Å². The average Bonchev–Trinajstić information content (AvgIpc) is 3.05. The molecule has 1 aliphatic rings. The molecule has 3 aromatic carbocycles. The lowest BCUT2D eigenvalue weighted by atomic mass is 10.1. The van der Waals surface area contributed by atoms with E-state index in [9.17, 15) is 4.79 Å². The Morgan fingerprint density at radius 1 is 0.929 bits per heavy atom. The summed E-state index contributed by atoms with van der Waals surface area (Å²) in [5, 5.41) is 0. The molecule has 0 fully saturated rings. The zero-order chi connectivity index (χ0) is 19.5. The Bertz CT molecular complexity index is 1070. The fourth-order valence-electron chi connectivity index (χ4n) is 3.06. The molecule has 4 nitrogen and oxygen atoms in total. The lowest BCUT2D eigenvalue weighted by molar-refractivity contribution is -0.113. The van der Waals surface area contributed by atoms with Crippen molar-refractivity contribution in [2.45, 2.75) is 0 Å². The van der Waals surface area contributed by atoms with E-state index in [1.54, 1.807) is 18.1 Å². The van der Waals surface area contributed by atoms with Crippen LogP contribution in [0.15, 0.2) is 94.0 Å². The van der Waals surface area contributed by atoms with Gasteiger partial charge in [-0.1, -0.05) is 58.4 Å². The van der Waals surface area contributed by atoms with Crippen molar-refractivity contribution in [2.75, 3.05) is 12.0 Å². The highest BCUT2D eigenvalue weighted by Crippen LogP contribution is 2.31. The van der Waals surface area contributed by atoms with Crippen molar-refractivity contribution < 1.29 is 9.53 Å². The molecule has 138 valence electrons. The molecule has 0 spiro atoms. The quantitative estimate of drug-likeness (QED) is 0.525. The van der Waals surface area contributed by atoms with Crippen LogP contribution in [0.4, 0.5) is 5.69 Å². The van der Waals surface area contributed by atoms with Gasteiger partial charge < -0.3 is 4.74 Å². The fraction of sp³-hybridized carbons (Fsp3) is 0.0435. The standard InChI is InChI=1S/C23H17BrN2O2/c1-28-21-10-6-5-9-19(21)22-25-20(15-16-7-3-2-4-8-16)23(27)26(22)18-13-11-17(24)12-14-18/h2-15H,1H3/b20-15+. The second-order valence-electron chi connectivity index (χ2n) is 6.19. The van der Waals surface area contributed by atoms with Gasteiger partial charge in [0, 0.05) is 4.47 Å². The van der Waals surface area contributed by atoms with Gasteiger partial charge in [0.1, 0.15) is 11.4 Å². The topological polar surface area (TPSA) is 41.9 Å². The van der Waals surface area contributed by atoms with Crippen LogP contribution in [0, 0.1) is 0 Å². The minimum Gasteiger partial charge on any atom is -0.496 e. The van der Waals surface area contributed by atoms with Crippen molar-refractivity contribution in [2.24, 2.45) is 4.99 Å². The molecule has 0 atom stereocenters. The summed E-state index contributed by atoms with van der Waals surface area (Å²) in [6, 6.07) is 24.8. The first-order valence-electron chi connectivity index (χ1n) is 8.76. The maximum absolute atomic E-state index is 13.3. The normalized spacial score (nSPS) is 15.1. The Kier molecular flexibility index (Phi) is 5.08. The summed E-state index contributed by atoms with van der Waals surface area (Å²) >= 11 is 3.44. The van der Waals surface area contributed by atoms with Gasteiger partial charge in [0.15, 0.2) is 5.84 Å². The molecule has 0 saturated carbocycles. The smallest absolute Gasteiger partial charge is 0.282 e. The number of ether oxygens (including phenoxy) is 1. The molecule has 0 aromatic heterocycles. The van der Waals surface area contributed by atoms with Crippen LogP contribution >= 0.6 is 15.9 Å². The van der Waals surface area contributed by atoms with Gasteiger partial charge in [0.2, 0.25) is 0 Å². The molecular weight excluding hydrogens is 416 g/mol. The number of methoxy groups -OCH3 is 1. The highest BCUT2D eigenvalue weighted by Gasteiger charge is 2.33. The third-order valence-corrected chi connectivity index (χ3v) is 4.92. The first-order valence-corrected chi connectivity index (χ1v) is 9.55. The van der Waals surface area contributed by atoms with Gasteiger partial charge in [-0.25, -0.2) is 4.99 Å². The van der Waals surface area contributed by atoms with Gasteiger partial charge in [-0.15, -0.1) is 0 Å². The zero-order valence-corrected chi connectivity index (χ0v) is 16.8. The first kappa shape index (κ1) is 18.2. The number of para-hydroxylation sites is 1. The summed E-state index contributed by atoms with van der Waals surface area (Å²) in [5.41, 5.74) is 2.81. The maximum Gasteiger partial charge on any atom is 0.282 e. The third-order valence-electron chi connectivity index (χ3n) is 4.40. The van der Waals surface area contributed by atoms with Crippen molar-refractivity contribution in [3.8, 4) is 5.75 Å². The molecule has 0 N–H and O–H groups in total. The second kappa shape index (κ2) is 7.82. The molecule has 0 unspecified atom stereocenters. The van der Waals surface area contributed by atoms with Crippen LogP contribution in [-0.4, -0.2) is 18.9 Å². The number of carbonyl (C=O) groups excluding carboxylic acids is 1. The number of amides is 1. The number of halogens is 1. The van der Waals surface area contributed by atoms with Crippen molar-refractivity contribution in [3.05, 3.63) is 100 Å². The fourth-order valence-corrected chi connectivity index (χ4v) is 3.33. The highest BCUT2D eigenvalue weighted by atomic mass is 79.9. The van der Waals surface area contributed by atoms with E-state index >= 15 is 0 Å². The summed E-state index contributed by atoms with van der Waals surface area (Å²) in [7, 11) is 1.61.